The van der Waals surface area contributed by atoms with Crippen molar-refractivity contribution in [2.45, 2.75) is 6.92 Å². The molecule has 0 unspecified atom stereocenters. The summed E-state index contributed by atoms with van der Waals surface area (Å²) in [4.78, 5) is 21.9. The van der Waals surface area contributed by atoms with Crippen LogP contribution in [0.25, 0.3) is 0 Å². The Balaban J connectivity index is 1.89. The van der Waals surface area contributed by atoms with Crippen LogP contribution in [0, 0.1) is 17.0 Å². The predicted molar refractivity (Wildman–Crippen MR) is 93.5 cm³/mol. The minimum absolute atomic E-state index is 0.0447. The average Bonchev–Trinajstić information content (AvgIpc) is 2.56. The van der Waals surface area contributed by atoms with Crippen LogP contribution in [0.2, 0.25) is 5.02 Å². The Morgan fingerprint density at radius 2 is 2.00 bits per heavy atom. The molecule has 2 N–H and O–H groups in total. The van der Waals surface area contributed by atoms with Crippen molar-refractivity contribution < 1.29 is 9.72 Å². The molecule has 0 aliphatic carbocycles. The first-order valence-corrected chi connectivity index (χ1v) is 7.40. The minimum Gasteiger partial charge on any atom is -0.376 e. The normalized spacial score (nSPS) is 10.6. The summed E-state index contributed by atoms with van der Waals surface area (Å²) in [5, 5.41) is 17.7. The molecule has 0 radical (unpaired) electrons. The highest BCUT2D eigenvalue weighted by molar-refractivity contribution is 6.33. The van der Waals surface area contributed by atoms with Gasteiger partial charge in [-0.15, -0.1) is 0 Å². The molecular formula is C16H15ClN4O3. The zero-order chi connectivity index (χ0) is 17.5. The first-order chi connectivity index (χ1) is 11.5. The lowest BCUT2D eigenvalue weighted by Crippen LogP contribution is -2.25. The van der Waals surface area contributed by atoms with Crippen LogP contribution in [0.5, 0.6) is 0 Å². The highest BCUT2D eigenvalue weighted by Gasteiger charge is 2.08. The van der Waals surface area contributed by atoms with Crippen LogP contribution < -0.4 is 10.7 Å². The Bertz CT molecular complexity index is 775. The van der Waals surface area contributed by atoms with Crippen LogP contribution >= 0.6 is 11.6 Å². The number of nitrogens with zero attached hydrogens (tertiary/aromatic N) is 2. The number of nitrogens with one attached hydrogen (secondary N) is 2. The number of aryl methyl sites for hydroxylation is 1. The molecule has 7 nitrogen and oxygen atoms in total. The van der Waals surface area contributed by atoms with Crippen molar-refractivity contribution in [2.24, 2.45) is 5.10 Å². The zero-order valence-corrected chi connectivity index (χ0v) is 13.6. The molecule has 0 heterocycles. The monoisotopic (exact) mass is 346 g/mol. The van der Waals surface area contributed by atoms with Crippen molar-refractivity contribution >= 4 is 35.1 Å². The van der Waals surface area contributed by atoms with Crippen molar-refractivity contribution in [3.05, 3.63) is 68.7 Å². The molecule has 0 atom stereocenters. The van der Waals surface area contributed by atoms with Crippen LogP contribution in [-0.4, -0.2) is 23.6 Å². The van der Waals surface area contributed by atoms with E-state index in [1.54, 1.807) is 0 Å². The fourth-order valence-corrected chi connectivity index (χ4v) is 1.98. The van der Waals surface area contributed by atoms with Gasteiger partial charge in [0.25, 0.3) is 11.6 Å². The van der Waals surface area contributed by atoms with Crippen molar-refractivity contribution in [2.75, 3.05) is 11.9 Å². The maximum absolute atomic E-state index is 11.7. The Morgan fingerprint density at radius 1 is 1.29 bits per heavy atom. The molecule has 0 aliphatic heterocycles. The lowest BCUT2D eigenvalue weighted by Gasteiger charge is -2.05. The van der Waals surface area contributed by atoms with E-state index in [0.29, 0.717) is 10.6 Å². The Hall–Kier alpha value is -2.93. The summed E-state index contributed by atoms with van der Waals surface area (Å²) in [7, 11) is 0. The molecule has 0 fully saturated rings. The van der Waals surface area contributed by atoms with Crippen LogP contribution in [0.3, 0.4) is 0 Å². The van der Waals surface area contributed by atoms with Crippen LogP contribution in [0.4, 0.5) is 11.4 Å². The Morgan fingerprint density at radius 3 is 2.67 bits per heavy atom. The first kappa shape index (κ1) is 17.4. The number of benzene rings is 2. The van der Waals surface area contributed by atoms with Crippen LogP contribution in [0.15, 0.2) is 47.6 Å². The number of carbonyl (C=O) groups excluding carboxylic acids is 1. The van der Waals surface area contributed by atoms with Gasteiger partial charge in [0, 0.05) is 28.4 Å². The van der Waals surface area contributed by atoms with Gasteiger partial charge in [-0.25, -0.2) is 5.43 Å². The highest BCUT2D eigenvalue weighted by atomic mass is 35.5. The maximum atomic E-state index is 11.7. The average molecular weight is 347 g/mol. The number of hydrogen-bond donors (Lipinski definition) is 2. The summed E-state index contributed by atoms with van der Waals surface area (Å²) in [6.45, 7) is 2.02. The van der Waals surface area contributed by atoms with Gasteiger partial charge in [-0.3, -0.25) is 14.9 Å². The Labute approximate surface area is 143 Å². The summed E-state index contributed by atoms with van der Waals surface area (Å²) in [6.07, 6.45) is 1.26. The molecule has 2 rings (SSSR count). The van der Waals surface area contributed by atoms with Gasteiger partial charge in [-0.05, 0) is 25.1 Å². The lowest BCUT2D eigenvalue weighted by atomic mass is 10.2. The van der Waals surface area contributed by atoms with E-state index in [9.17, 15) is 14.9 Å². The van der Waals surface area contributed by atoms with Gasteiger partial charge in [0.05, 0.1) is 17.7 Å². The summed E-state index contributed by atoms with van der Waals surface area (Å²) in [6, 6.07) is 11.6. The molecule has 8 heteroatoms. The quantitative estimate of drug-likeness (QED) is 0.477. The topological polar surface area (TPSA) is 96.6 Å². The zero-order valence-electron chi connectivity index (χ0n) is 12.8. The molecule has 0 aliphatic rings. The molecule has 0 saturated heterocycles. The minimum atomic E-state index is -0.530. The smallest absolute Gasteiger partial charge is 0.270 e. The number of nitro benzene ring substituents is 1. The molecule has 124 valence electrons. The number of anilines is 1. The standard InChI is InChI=1S/C16H15ClN4O3/c1-11-2-4-13(5-3-11)18-10-16(22)20-19-9-12-8-14(21(23)24)6-7-15(12)17/h2-9,18H,10H2,1H3,(H,20,22)/b19-9-. The van der Waals surface area contributed by atoms with Crippen LogP contribution in [0.1, 0.15) is 11.1 Å². The van der Waals surface area contributed by atoms with E-state index < -0.39 is 4.92 Å². The van der Waals surface area contributed by atoms with Crippen molar-refractivity contribution in [1.29, 1.82) is 0 Å². The fraction of sp³-hybridized carbons (Fsp3) is 0.125. The predicted octanol–water partition coefficient (Wildman–Crippen LogP) is 3.12. The van der Waals surface area contributed by atoms with E-state index in [1.165, 1.54) is 24.4 Å². The number of amides is 1. The number of non-ortho nitro benzene ring substituents is 1. The summed E-state index contributed by atoms with van der Waals surface area (Å²) >= 11 is 5.93. The molecule has 0 spiro atoms. The first-order valence-electron chi connectivity index (χ1n) is 7.02. The third kappa shape index (κ3) is 5.06. The van der Waals surface area contributed by atoms with E-state index in [4.69, 9.17) is 11.6 Å². The second-order valence-electron chi connectivity index (χ2n) is 4.98. The van der Waals surface area contributed by atoms with Crippen molar-refractivity contribution in [3.8, 4) is 0 Å². The molecule has 1 amide bonds. The van der Waals surface area contributed by atoms with Gasteiger partial charge in [0.1, 0.15) is 0 Å². The third-order valence-corrected chi connectivity index (χ3v) is 3.43. The molecule has 2 aromatic carbocycles. The molecule has 24 heavy (non-hydrogen) atoms. The number of halogens is 1. The number of nitro groups is 1. The molecular weight excluding hydrogens is 332 g/mol. The van der Waals surface area contributed by atoms with Gasteiger partial charge in [-0.2, -0.15) is 5.10 Å². The van der Waals surface area contributed by atoms with Crippen molar-refractivity contribution in [3.63, 3.8) is 0 Å². The van der Waals surface area contributed by atoms with Gasteiger partial charge >= 0.3 is 0 Å². The number of hydrazone groups is 1. The summed E-state index contributed by atoms with van der Waals surface area (Å²) < 4.78 is 0. The largest absolute Gasteiger partial charge is 0.376 e. The van der Waals surface area contributed by atoms with Gasteiger partial charge in [0.15, 0.2) is 0 Å². The highest BCUT2D eigenvalue weighted by Crippen LogP contribution is 2.20. The number of rotatable bonds is 6. The summed E-state index contributed by atoms with van der Waals surface area (Å²) in [5.74, 6) is -0.353. The second kappa shape index (κ2) is 8.07. The van der Waals surface area contributed by atoms with E-state index in [2.05, 4.69) is 15.8 Å². The van der Waals surface area contributed by atoms with Gasteiger partial charge in [-0.1, -0.05) is 29.3 Å². The number of hydrogen-bond acceptors (Lipinski definition) is 5. The van der Waals surface area contributed by atoms with E-state index in [1.807, 2.05) is 31.2 Å². The van der Waals surface area contributed by atoms with Crippen molar-refractivity contribution in [1.82, 2.24) is 5.43 Å². The lowest BCUT2D eigenvalue weighted by molar-refractivity contribution is -0.384. The number of carbonyl (C=O) groups is 1. The Kier molecular flexibility index (Phi) is 5.86. The molecule has 0 aromatic heterocycles. The summed E-state index contributed by atoms with van der Waals surface area (Å²) in [5.41, 5.74) is 4.52. The van der Waals surface area contributed by atoms with Gasteiger partial charge < -0.3 is 5.32 Å². The van der Waals surface area contributed by atoms with E-state index in [-0.39, 0.29) is 18.1 Å². The third-order valence-electron chi connectivity index (χ3n) is 3.09. The van der Waals surface area contributed by atoms with E-state index >= 15 is 0 Å². The van der Waals surface area contributed by atoms with Gasteiger partial charge in [0.2, 0.25) is 0 Å². The molecule has 0 saturated carbocycles. The molecule has 2 aromatic rings. The molecule has 0 bridgehead atoms. The maximum Gasteiger partial charge on any atom is 0.270 e. The second-order valence-corrected chi connectivity index (χ2v) is 5.38. The fourth-order valence-electron chi connectivity index (χ4n) is 1.81. The van der Waals surface area contributed by atoms with E-state index in [0.717, 1.165) is 11.3 Å². The van der Waals surface area contributed by atoms with Crippen LogP contribution in [-0.2, 0) is 4.79 Å². The SMILES string of the molecule is Cc1ccc(NCC(=O)N/N=C\c2cc([N+](=O)[O-])ccc2Cl)cc1.